The first-order chi connectivity index (χ1) is 14.7. The fourth-order valence-electron chi connectivity index (χ4n) is 4.13. The van der Waals surface area contributed by atoms with Gasteiger partial charge in [-0.15, -0.1) is 0 Å². The van der Waals surface area contributed by atoms with Gasteiger partial charge in [-0.3, -0.25) is 9.59 Å². The zero-order valence-corrected chi connectivity index (χ0v) is 17.9. The van der Waals surface area contributed by atoms with Crippen molar-refractivity contribution in [2.75, 3.05) is 4.90 Å². The third-order valence-corrected chi connectivity index (χ3v) is 6.07. The van der Waals surface area contributed by atoms with E-state index >= 15 is 0 Å². The van der Waals surface area contributed by atoms with Crippen LogP contribution in [-0.4, -0.2) is 16.8 Å². The van der Waals surface area contributed by atoms with Crippen molar-refractivity contribution in [1.29, 1.82) is 0 Å². The fraction of sp³-hybridized carbons (Fsp3) is 0.200. The maximum atomic E-state index is 14.4. The number of ketones is 1. The standard InChI is InChI=1S/C25H21ClFNO3/c1-15-10-11-17(16(2)12-15)23(29)13-25(31)19-6-3-4-9-22(19)28(24(25)30)14-18-20(26)7-5-8-21(18)27/h3-12,31H,13-14H2,1-2H3/t25-/m0/s1. The van der Waals surface area contributed by atoms with Gasteiger partial charge in [0.25, 0.3) is 5.91 Å². The highest BCUT2D eigenvalue weighted by Gasteiger charge is 2.51. The van der Waals surface area contributed by atoms with Crippen molar-refractivity contribution in [3.8, 4) is 0 Å². The molecule has 0 saturated heterocycles. The van der Waals surface area contributed by atoms with Crippen molar-refractivity contribution in [2.45, 2.75) is 32.4 Å². The van der Waals surface area contributed by atoms with Crippen LogP contribution in [0.4, 0.5) is 10.1 Å². The summed E-state index contributed by atoms with van der Waals surface area (Å²) >= 11 is 6.15. The van der Waals surface area contributed by atoms with Crippen LogP contribution in [0.2, 0.25) is 5.02 Å². The molecule has 1 N–H and O–H groups in total. The summed E-state index contributed by atoms with van der Waals surface area (Å²) in [4.78, 5) is 27.7. The SMILES string of the molecule is Cc1ccc(C(=O)C[C@@]2(O)C(=O)N(Cc3c(F)cccc3Cl)c3ccccc32)c(C)c1. The summed E-state index contributed by atoms with van der Waals surface area (Å²) in [6, 6.07) is 16.4. The predicted molar refractivity (Wildman–Crippen MR) is 118 cm³/mol. The summed E-state index contributed by atoms with van der Waals surface area (Å²) in [6.45, 7) is 3.60. The summed E-state index contributed by atoms with van der Waals surface area (Å²) in [5.74, 6) is -1.56. The molecule has 0 fully saturated rings. The van der Waals surface area contributed by atoms with E-state index in [0.29, 0.717) is 16.8 Å². The van der Waals surface area contributed by atoms with Gasteiger partial charge in [0.1, 0.15) is 5.82 Å². The molecule has 6 heteroatoms. The van der Waals surface area contributed by atoms with Crippen molar-refractivity contribution in [1.82, 2.24) is 0 Å². The molecule has 4 nitrogen and oxygen atoms in total. The van der Waals surface area contributed by atoms with Crippen molar-refractivity contribution < 1.29 is 19.1 Å². The number of Topliss-reactive ketones (excluding diaryl/α,β-unsaturated/α-hetero) is 1. The van der Waals surface area contributed by atoms with E-state index in [4.69, 9.17) is 11.6 Å². The molecule has 0 unspecified atom stereocenters. The van der Waals surface area contributed by atoms with Gasteiger partial charge in [0, 0.05) is 21.7 Å². The number of nitrogens with zero attached hydrogens (tertiary/aromatic N) is 1. The number of carbonyl (C=O) groups is 2. The van der Waals surface area contributed by atoms with Crippen LogP contribution in [0.3, 0.4) is 0 Å². The second-order valence-corrected chi connectivity index (χ2v) is 8.29. The Morgan fingerprint density at radius 1 is 1.10 bits per heavy atom. The van der Waals surface area contributed by atoms with Gasteiger partial charge in [0.05, 0.1) is 18.7 Å². The molecule has 1 atom stereocenters. The zero-order chi connectivity index (χ0) is 22.3. The predicted octanol–water partition coefficient (Wildman–Crippen LogP) is 5.10. The molecule has 3 aromatic carbocycles. The summed E-state index contributed by atoms with van der Waals surface area (Å²) in [6.07, 6.45) is -0.408. The third kappa shape index (κ3) is 3.64. The largest absolute Gasteiger partial charge is 0.375 e. The number of aryl methyl sites for hydroxylation is 2. The Hall–Kier alpha value is -3.02. The van der Waals surface area contributed by atoms with Crippen molar-refractivity contribution >= 4 is 29.0 Å². The molecule has 0 aromatic heterocycles. The molecule has 0 saturated carbocycles. The monoisotopic (exact) mass is 437 g/mol. The number of para-hydroxylation sites is 1. The Morgan fingerprint density at radius 2 is 1.84 bits per heavy atom. The Bertz CT molecular complexity index is 1190. The molecule has 0 bridgehead atoms. The number of carbonyl (C=O) groups excluding carboxylic acids is 2. The molecule has 1 aliphatic rings. The average Bonchev–Trinajstić information content (AvgIpc) is 2.92. The lowest BCUT2D eigenvalue weighted by Crippen LogP contribution is -2.41. The van der Waals surface area contributed by atoms with E-state index in [-0.39, 0.29) is 22.9 Å². The highest BCUT2D eigenvalue weighted by Crippen LogP contribution is 2.44. The van der Waals surface area contributed by atoms with E-state index in [1.54, 1.807) is 36.4 Å². The number of benzene rings is 3. The van der Waals surface area contributed by atoms with Crippen molar-refractivity contribution in [2.24, 2.45) is 0 Å². The third-order valence-electron chi connectivity index (χ3n) is 5.72. The van der Waals surface area contributed by atoms with Gasteiger partial charge in [-0.1, -0.05) is 59.6 Å². The number of hydrogen-bond donors (Lipinski definition) is 1. The van der Waals surface area contributed by atoms with E-state index in [1.807, 2.05) is 26.0 Å². The smallest absolute Gasteiger partial charge is 0.264 e. The van der Waals surface area contributed by atoms with Crippen LogP contribution >= 0.6 is 11.6 Å². The molecule has 0 spiro atoms. The average molecular weight is 438 g/mol. The molecule has 1 amide bonds. The number of amides is 1. The van der Waals surface area contributed by atoms with Gasteiger partial charge in [-0.2, -0.15) is 0 Å². The van der Waals surface area contributed by atoms with Crippen LogP contribution in [0.25, 0.3) is 0 Å². The quantitative estimate of drug-likeness (QED) is 0.565. The summed E-state index contributed by atoms with van der Waals surface area (Å²) in [7, 11) is 0. The Labute approximate surface area is 184 Å². The Kier molecular flexibility index (Phi) is 5.42. The van der Waals surface area contributed by atoms with E-state index in [2.05, 4.69) is 0 Å². The van der Waals surface area contributed by atoms with Gasteiger partial charge < -0.3 is 10.0 Å². The van der Waals surface area contributed by atoms with E-state index in [0.717, 1.165) is 11.1 Å². The lowest BCUT2D eigenvalue weighted by atomic mass is 9.87. The summed E-state index contributed by atoms with van der Waals surface area (Å²) in [5.41, 5.74) is 1.12. The normalized spacial score (nSPS) is 17.7. The number of halogens is 2. The zero-order valence-electron chi connectivity index (χ0n) is 17.2. The molecule has 3 aromatic rings. The van der Waals surface area contributed by atoms with Crippen LogP contribution in [0.5, 0.6) is 0 Å². The molecule has 4 rings (SSSR count). The molecule has 1 aliphatic heterocycles. The van der Waals surface area contributed by atoms with E-state index in [1.165, 1.54) is 17.0 Å². The topological polar surface area (TPSA) is 57.6 Å². The second-order valence-electron chi connectivity index (χ2n) is 7.89. The number of aliphatic hydroxyl groups is 1. The minimum Gasteiger partial charge on any atom is -0.375 e. The van der Waals surface area contributed by atoms with Gasteiger partial charge in [0.15, 0.2) is 11.4 Å². The lowest BCUT2D eigenvalue weighted by molar-refractivity contribution is -0.136. The first kappa shape index (κ1) is 21.2. The van der Waals surface area contributed by atoms with Crippen LogP contribution in [0, 0.1) is 19.7 Å². The van der Waals surface area contributed by atoms with Crippen LogP contribution in [-0.2, 0) is 16.9 Å². The number of anilines is 1. The molecule has 0 radical (unpaired) electrons. The van der Waals surface area contributed by atoms with E-state index in [9.17, 15) is 19.1 Å². The maximum Gasteiger partial charge on any atom is 0.264 e. The van der Waals surface area contributed by atoms with E-state index < -0.39 is 23.7 Å². The van der Waals surface area contributed by atoms with Crippen LogP contribution < -0.4 is 4.90 Å². The lowest BCUT2D eigenvalue weighted by Gasteiger charge is -2.23. The maximum absolute atomic E-state index is 14.4. The molecule has 1 heterocycles. The second kappa shape index (κ2) is 7.91. The highest BCUT2D eigenvalue weighted by atomic mass is 35.5. The van der Waals surface area contributed by atoms with Gasteiger partial charge >= 0.3 is 0 Å². The Balaban J connectivity index is 1.72. The van der Waals surface area contributed by atoms with Crippen molar-refractivity contribution in [3.05, 3.63) is 99.3 Å². The van der Waals surface area contributed by atoms with Gasteiger partial charge in [-0.05, 0) is 37.6 Å². The molecular formula is C25H21ClFNO3. The first-order valence-corrected chi connectivity index (χ1v) is 10.3. The minimum absolute atomic E-state index is 0.150. The number of rotatable bonds is 5. The van der Waals surface area contributed by atoms with Gasteiger partial charge in [0.2, 0.25) is 0 Å². The van der Waals surface area contributed by atoms with Gasteiger partial charge in [-0.25, -0.2) is 4.39 Å². The Morgan fingerprint density at radius 3 is 2.55 bits per heavy atom. The number of fused-ring (bicyclic) bond motifs is 1. The first-order valence-electron chi connectivity index (χ1n) is 9.89. The molecular weight excluding hydrogens is 417 g/mol. The molecule has 31 heavy (non-hydrogen) atoms. The summed E-state index contributed by atoms with van der Waals surface area (Å²) in [5, 5.41) is 11.6. The van der Waals surface area contributed by atoms with Crippen molar-refractivity contribution in [3.63, 3.8) is 0 Å². The molecule has 0 aliphatic carbocycles. The molecule has 158 valence electrons. The minimum atomic E-state index is -2.04. The fourth-order valence-corrected chi connectivity index (χ4v) is 4.35. The van der Waals surface area contributed by atoms with Crippen LogP contribution in [0.15, 0.2) is 60.7 Å². The summed E-state index contributed by atoms with van der Waals surface area (Å²) < 4.78 is 14.4. The van der Waals surface area contributed by atoms with Crippen LogP contribution in [0.1, 0.15) is 39.0 Å². The highest BCUT2D eigenvalue weighted by molar-refractivity contribution is 6.31. The number of hydrogen-bond acceptors (Lipinski definition) is 3.